The maximum Gasteiger partial charge on any atom is 0.251 e. The molecule has 0 aromatic carbocycles. The number of pyridine rings is 1. The van der Waals surface area contributed by atoms with Gasteiger partial charge in [-0.1, -0.05) is 19.8 Å². The van der Waals surface area contributed by atoms with E-state index in [9.17, 15) is 4.79 Å². The van der Waals surface area contributed by atoms with Crippen molar-refractivity contribution in [3.8, 4) is 5.82 Å². The molecule has 2 aromatic heterocycles. The number of aromatic nitrogens is 4. The third-order valence-electron chi connectivity index (χ3n) is 4.41. The Morgan fingerprint density at radius 2 is 2.29 bits per heavy atom. The molecule has 7 heteroatoms. The lowest BCUT2D eigenvalue weighted by molar-refractivity contribution is -0.00293. The number of amides is 1. The van der Waals surface area contributed by atoms with E-state index in [1.54, 1.807) is 24.7 Å². The maximum atomic E-state index is 12.2. The first-order valence-electron chi connectivity index (χ1n) is 8.45. The minimum absolute atomic E-state index is 0.140. The van der Waals surface area contributed by atoms with Gasteiger partial charge in [-0.3, -0.25) is 4.79 Å². The van der Waals surface area contributed by atoms with E-state index in [-0.39, 0.29) is 5.91 Å². The second-order valence-corrected chi connectivity index (χ2v) is 6.17. The van der Waals surface area contributed by atoms with Gasteiger partial charge in [0, 0.05) is 18.3 Å². The van der Waals surface area contributed by atoms with Gasteiger partial charge >= 0.3 is 0 Å². The Bertz CT molecular complexity index is 659. The van der Waals surface area contributed by atoms with Crippen LogP contribution in [0.5, 0.6) is 0 Å². The van der Waals surface area contributed by atoms with Crippen LogP contribution in [0.15, 0.2) is 31.0 Å². The summed E-state index contributed by atoms with van der Waals surface area (Å²) in [7, 11) is 0. The van der Waals surface area contributed by atoms with Crippen molar-refractivity contribution in [2.75, 3.05) is 13.2 Å². The second-order valence-electron chi connectivity index (χ2n) is 6.17. The summed E-state index contributed by atoms with van der Waals surface area (Å²) in [5.41, 5.74) is 0.543. The molecule has 1 saturated carbocycles. The van der Waals surface area contributed by atoms with Crippen molar-refractivity contribution in [3.05, 3.63) is 36.5 Å². The Hall–Kier alpha value is -2.28. The average molecular weight is 329 g/mol. The summed E-state index contributed by atoms with van der Waals surface area (Å²) in [5.74, 6) is 1.03. The molecule has 0 radical (unpaired) electrons. The molecule has 2 aromatic rings. The van der Waals surface area contributed by atoms with Gasteiger partial charge in [0.05, 0.1) is 12.7 Å². The molecule has 2 atom stereocenters. The number of carbonyl (C=O) groups is 1. The number of rotatable bonds is 6. The molecule has 0 bridgehead atoms. The van der Waals surface area contributed by atoms with Gasteiger partial charge in [0.15, 0.2) is 5.82 Å². The van der Waals surface area contributed by atoms with Gasteiger partial charge in [0.2, 0.25) is 0 Å². The van der Waals surface area contributed by atoms with Crippen LogP contribution >= 0.6 is 0 Å². The van der Waals surface area contributed by atoms with Crippen LogP contribution in [0.3, 0.4) is 0 Å². The van der Waals surface area contributed by atoms with Crippen LogP contribution < -0.4 is 5.32 Å². The Balaban J connectivity index is 1.48. The summed E-state index contributed by atoms with van der Waals surface area (Å²) in [6.07, 6.45) is 9.79. The van der Waals surface area contributed by atoms with Gasteiger partial charge in [-0.15, -0.1) is 0 Å². The molecule has 0 unspecified atom stereocenters. The quantitative estimate of drug-likeness (QED) is 0.820. The molecule has 2 heterocycles. The zero-order chi connectivity index (χ0) is 16.8. The summed E-state index contributed by atoms with van der Waals surface area (Å²) >= 11 is 0. The van der Waals surface area contributed by atoms with E-state index in [0.717, 1.165) is 6.42 Å². The Kier molecular flexibility index (Phi) is 5.53. The molecule has 128 valence electrons. The largest absolute Gasteiger partial charge is 0.376 e. The third kappa shape index (κ3) is 4.17. The lowest BCUT2D eigenvalue weighted by Gasteiger charge is -2.28. The van der Waals surface area contributed by atoms with Gasteiger partial charge in [-0.2, -0.15) is 5.10 Å². The van der Waals surface area contributed by atoms with Gasteiger partial charge in [-0.25, -0.2) is 14.6 Å². The Morgan fingerprint density at radius 3 is 3.08 bits per heavy atom. The fraction of sp³-hybridized carbons (Fsp3) is 0.529. The number of nitrogens with one attached hydrogen (secondary N) is 1. The Morgan fingerprint density at radius 1 is 1.42 bits per heavy atom. The molecule has 7 nitrogen and oxygen atoms in total. The first-order chi connectivity index (χ1) is 11.7. The SMILES string of the molecule is C[C@@H]1CCCC[C@H]1OCCNC(=O)c1ccnc(-n2cncn2)c1. The highest BCUT2D eigenvalue weighted by molar-refractivity contribution is 5.94. The number of nitrogens with zero attached hydrogens (tertiary/aromatic N) is 4. The molecular formula is C17H23N5O2. The predicted molar refractivity (Wildman–Crippen MR) is 88.9 cm³/mol. The van der Waals surface area contributed by atoms with Gasteiger partial charge < -0.3 is 10.1 Å². The highest BCUT2D eigenvalue weighted by atomic mass is 16.5. The second kappa shape index (κ2) is 8.01. The van der Waals surface area contributed by atoms with Gasteiger partial charge in [0.1, 0.15) is 12.7 Å². The van der Waals surface area contributed by atoms with Crippen LogP contribution in [0, 0.1) is 5.92 Å². The molecular weight excluding hydrogens is 306 g/mol. The molecule has 0 spiro atoms. The topological polar surface area (TPSA) is 81.9 Å². The maximum absolute atomic E-state index is 12.2. The summed E-state index contributed by atoms with van der Waals surface area (Å²) in [5, 5.41) is 6.90. The third-order valence-corrected chi connectivity index (χ3v) is 4.41. The van der Waals surface area contributed by atoms with E-state index in [1.165, 1.54) is 30.3 Å². The van der Waals surface area contributed by atoms with E-state index < -0.39 is 0 Å². The van der Waals surface area contributed by atoms with Crippen molar-refractivity contribution in [1.29, 1.82) is 0 Å². The monoisotopic (exact) mass is 329 g/mol. The molecule has 0 aliphatic heterocycles. The number of carbonyl (C=O) groups excluding carboxylic acids is 1. The van der Waals surface area contributed by atoms with E-state index >= 15 is 0 Å². The first kappa shape index (κ1) is 16.6. The summed E-state index contributed by atoms with van der Waals surface area (Å²) in [4.78, 5) is 20.3. The molecule has 1 amide bonds. The van der Waals surface area contributed by atoms with Crippen LogP contribution in [0.4, 0.5) is 0 Å². The van der Waals surface area contributed by atoms with E-state index in [2.05, 4.69) is 27.3 Å². The smallest absolute Gasteiger partial charge is 0.251 e. The van der Waals surface area contributed by atoms with Crippen LogP contribution in [0.2, 0.25) is 0 Å². The van der Waals surface area contributed by atoms with Crippen molar-refractivity contribution >= 4 is 5.91 Å². The average Bonchev–Trinajstić information content (AvgIpc) is 3.15. The zero-order valence-corrected chi connectivity index (χ0v) is 13.9. The fourth-order valence-corrected chi connectivity index (χ4v) is 3.02. The number of hydrogen-bond acceptors (Lipinski definition) is 5. The predicted octanol–water partition coefficient (Wildman–Crippen LogP) is 1.99. The molecule has 1 aliphatic carbocycles. The molecule has 1 N–H and O–H groups in total. The van der Waals surface area contributed by atoms with Crippen molar-refractivity contribution in [2.24, 2.45) is 5.92 Å². The summed E-state index contributed by atoms with van der Waals surface area (Å²) < 4.78 is 7.43. The highest BCUT2D eigenvalue weighted by Crippen LogP contribution is 2.25. The summed E-state index contributed by atoms with van der Waals surface area (Å²) in [6, 6.07) is 3.37. The lowest BCUT2D eigenvalue weighted by Crippen LogP contribution is -2.31. The minimum atomic E-state index is -0.140. The fourth-order valence-electron chi connectivity index (χ4n) is 3.02. The highest BCUT2D eigenvalue weighted by Gasteiger charge is 2.21. The van der Waals surface area contributed by atoms with Crippen LogP contribution in [-0.4, -0.2) is 44.9 Å². The van der Waals surface area contributed by atoms with E-state index in [1.807, 2.05) is 0 Å². The number of ether oxygens (including phenoxy) is 1. The van der Waals surface area contributed by atoms with Crippen molar-refractivity contribution in [2.45, 2.75) is 38.7 Å². The molecule has 24 heavy (non-hydrogen) atoms. The van der Waals surface area contributed by atoms with Gasteiger partial charge in [0.25, 0.3) is 5.91 Å². The standard InChI is InChI=1S/C17H23N5O2/c1-13-4-2-3-5-15(13)24-9-8-20-17(23)14-6-7-19-16(10-14)22-12-18-11-21-22/h6-7,10-13,15H,2-5,8-9H2,1H3,(H,20,23)/t13-,15-/m1/s1. The Labute approximate surface area is 141 Å². The number of hydrogen-bond donors (Lipinski definition) is 1. The van der Waals surface area contributed by atoms with Crippen LogP contribution in [-0.2, 0) is 4.74 Å². The molecule has 1 aliphatic rings. The van der Waals surface area contributed by atoms with Crippen LogP contribution in [0.25, 0.3) is 5.82 Å². The van der Waals surface area contributed by atoms with Gasteiger partial charge in [-0.05, 0) is 30.9 Å². The zero-order valence-electron chi connectivity index (χ0n) is 13.9. The molecule has 1 fully saturated rings. The van der Waals surface area contributed by atoms with Crippen LogP contribution in [0.1, 0.15) is 43.0 Å². The summed E-state index contributed by atoms with van der Waals surface area (Å²) in [6.45, 7) is 3.29. The first-order valence-corrected chi connectivity index (χ1v) is 8.45. The van der Waals surface area contributed by atoms with Crippen molar-refractivity contribution < 1.29 is 9.53 Å². The molecule has 3 rings (SSSR count). The van der Waals surface area contributed by atoms with E-state index in [0.29, 0.717) is 36.6 Å². The van der Waals surface area contributed by atoms with Crippen molar-refractivity contribution in [3.63, 3.8) is 0 Å². The lowest BCUT2D eigenvalue weighted by atomic mass is 9.88. The molecule has 0 saturated heterocycles. The van der Waals surface area contributed by atoms with E-state index in [4.69, 9.17) is 4.74 Å². The normalized spacial score (nSPS) is 20.7. The van der Waals surface area contributed by atoms with Crippen molar-refractivity contribution in [1.82, 2.24) is 25.1 Å². The minimum Gasteiger partial charge on any atom is -0.376 e.